The fourth-order valence-corrected chi connectivity index (χ4v) is 4.60. The highest BCUT2D eigenvalue weighted by atomic mass is 79.9. The molecule has 0 radical (unpaired) electrons. The van der Waals surface area contributed by atoms with Crippen molar-refractivity contribution in [3.05, 3.63) is 64.5 Å². The van der Waals surface area contributed by atoms with Gasteiger partial charge in [0, 0.05) is 23.1 Å². The maximum Gasteiger partial charge on any atom is 0.241 e. The summed E-state index contributed by atoms with van der Waals surface area (Å²) < 4.78 is 12.3. The molecule has 2 heterocycles. The van der Waals surface area contributed by atoms with Crippen LogP contribution in [0.4, 0.5) is 0 Å². The third-order valence-corrected chi connectivity index (χ3v) is 6.69. The van der Waals surface area contributed by atoms with Gasteiger partial charge in [-0.1, -0.05) is 46.2 Å². The van der Waals surface area contributed by atoms with Crippen molar-refractivity contribution < 1.29 is 14.1 Å². The summed E-state index contributed by atoms with van der Waals surface area (Å²) in [5, 5.41) is 7.26. The number of carbonyl (C=O) groups is 1. The van der Waals surface area contributed by atoms with E-state index in [1.807, 2.05) is 42.5 Å². The van der Waals surface area contributed by atoms with E-state index in [0.717, 1.165) is 61.0 Å². The number of amides is 1. The van der Waals surface area contributed by atoms with Crippen LogP contribution in [0.15, 0.2) is 57.5 Å². The molecule has 4 rings (SSSR count). The second-order valence-electron chi connectivity index (χ2n) is 8.94. The highest BCUT2D eigenvalue weighted by molar-refractivity contribution is 9.10. The third-order valence-electron chi connectivity index (χ3n) is 6.16. The molecule has 0 spiro atoms. The number of carbonyl (C=O) groups excluding carboxylic acids is 1. The number of hydrogen-bond donors (Lipinski definition) is 1. The van der Waals surface area contributed by atoms with Gasteiger partial charge >= 0.3 is 0 Å². The monoisotopic (exact) mass is 540 g/mol. The van der Waals surface area contributed by atoms with Crippen LogP contribution in [0.3, 0.4) is 0 Å². The summed E-state index contributed by atoms with van der Waals surface area (Å²) in [5.74, 6) is 2.23. The van der Waals surface area contributed by atoms with E-state index in [1.54, 1.807) is 0 Å². The third kappa shape index (κ3) is 7.39. The number of aryl methyl sites for hydroxylation is 1. The molecule has 0 aliphatic carbocycles. The smallest absolute Gasteiger partial charge is 0.241 e. The van der Waals surface area contributed by atoms with Crippen molar-refractivity contribution in [2.45, 2.75) is 45.6 Å². The largest absolute Gasteiger partial charge is 0.493 e. The van der Waals surface area contributed by atoms with Gasteiger partial charge in [-0.2, -0.15) is 4.98 Å². The Morgan fingerprint density at radius 2 is 2.06 bits per heavy atom. The van der Waals surface area contributed by atoms with Gasteiger partial charge in [0.2, 0.25) is 17.6 Å². The van der Waals surface area contributed by atoms with Crippen LogP contribution < -0.4 is 10.1 Å². The van der Waals surface area contributed by atoms with E-state index < -0.39 is 0 Å². The summed E-state index contributed by atoms with van der Waals surface area (Å²) in [6.45, 7) is 5.68. The number of benzene rings is 2. The van der Waals surface area contributed by atoms with Crippen molar-refractivity contribution in [3.8, 4) is 17.1 Å². The number of piperidine rings is 1. The number of aromatic nitrogens is 2. The predicted molar refractivity (Wildman–Crippen MR) is 139 cm³/mol. The first-order valence-electron chi connectivity index (χ1n) is 12.4. The van der Waals surface area contributed by atoms with Gasteiger partial charge in [-0.15, -0.1) is 0 Å². The number of hydrogen-bond acceptors (Lipinski definition) is 6. The Balaban J connectivity index is 1.22. The van der Waals surface area contributed by atoms with Crippen molar-refractivity contribution >= 4 is 21.8 Å². The van der Waals surface area contributed by atoms with E-state index in [4.69, 9.17) is 9.26 Å². The van der Waals surface area contributed by atoms with Gasteiger partial charge in [0.15, 0.2) is 0 Å². The highest BCUT2D eigenvalue weighted by Crippen LogP contribution is 2.22. The summed E-state index contributed by atoms with van der Waals surface area (Å²) in [5.41, 5.74) is 2.11. The molecule has 1 aromatic heterocycles. The molecule has 8 heteroatoms. The molecule has 1 amide bonds. The highest BCUT2D eigenvalue weighted by Gasteiger charge is 2.26. The first-order chi connectivity index (χ1) is 17.1. The molecule has 1 fully saturated rings. The van der Waals surface area contributed by atoms with Crippen molar-refractivity contribution in [2.75, 3.05) is 26.2 Å². The van der Waals surface area contributed by atoms with E-state index in [0.29, 0.717) is 31.3 Å². The molecule has 35 heavy (non-hydrogen) atoms. The van der Waals surface area contributed by atoms with Gasteiger partial charge in [-0.05, 0) is 74.5 Å². The van der Waals surface area contributed by atoms with Crippen LogP contribution >= 0.6 is 15.9 Å². The molecule has 3 aromatic rings. The topological polar surface area (TPSA) is 80.5 Å². The van der Waals surface area contributed by atoms with Crippen LogP contribution in [0.25, 0.3) is 11.4 Å². The predicted octanol–water partition coefficient (Wildman–Crippen LogP) is 5.25. The lowest BCUT2D eigenvalue weighted by molar-refractivity contribution is -0.126. The average Bonchev–Trinajstić information content (AvgIpc) is 3.34. The van der Waals surface area contributed by atoms with Crippen LogP contribution in [0.2, 0.25) is 0 Å². The first kappa shape index (κ1) is 25.4. The zero-order valence-corrected chi connectivity index (χ0v) is 21.8. The SMILES string of the molecule is CCCOc1ccccc1CCCNC(=O)C1CCCN(Cc2nc(-c3ccc(Br)cc3)no2)C1. The molecule has 1 aliphatic heterocycles. The molecule has 1 aliphatic rings. The molecule has 1 unspecified atom stereocenters. The Morgan fingerprint density at radius 3 is 2.89 bits per heavy atom. The number of rotatable bonds is 11. The normalized spacial score (nSPS) is 16.2. The molecule has 1 saturated heterocycles. The fourth-order valence-electron chi connectivity index (χ4n) is 4.34. The van der Waals surface area contributed by atoms with E-state index in [2.05, 4.69) is 49.3 Å². The van der Waals surface area contributed by atoms with Crippen LogP contribution in [-0.2, 0) is 17.8 Å². The molecular formula is C27H33BrN4O3. The lowest BCUT2D eigenvalue weighted by Gasteiger charge is -2.30. The molecule has 0 saturated carbocycles. The number of halogens is 1. The molecule has 1 atom stereocenters. The van der Waals surface area contributed by atoms with Crippen LogP contribution in [0, 0.1) is 5.92 Å². The van der Waals surface area contributed by atoms with E-state index in [-0.39, 0.29) is 11.8 Å². The molecule has 186 valence electrons. The van der Waals surface area contributed by atoms with Gasteiger partial charge in [0.05, 0.1) is 19.1 Å². The van der Waals surface area contributed by atoms with Crippen LogP contribution in [0.1, 0.15) is 44.1 Å². The summed E-state index contributed by atoms with van der Waals surface area (Å²) in [4.78, 5) is 19.6. The molecular weight excluding hydrogens is 508 g/mol. The lowest BCUT2D eigenvalue weighted by Crippen LogP contribution is -2.43. The molecule has 7 nitrogen and oxygen atoms in total. The number of ether oxygens (including phenoxy) is 1. The minimum atomic E-state index is -0.0159. The second-order valence-corrected chi connectivity index (χ2v) is 9.86. The van der Waals surface area contributed by atoms with E-state index >= 15 is 0 Å². The van der Waals surface area contributed by atoms with E-state index in [1.165, 1.54) is 5.56 Å². The average molecular weight is 541 g/mol. The summed E-state index contributed by atoms with van der Waals surface area (Å²) in [6.07, 6.45) is 4.64. The van der Waals surface area contributed by atoms with Crippen molar-refractivity contribution in [3.63, 3.8) is 0 Å². The van der Waals surface area contributed by atoms with Gasteiger partial charge in [0.25, 0.3) is 0 Å². The molecule has 0 bridgehead atoms. The van der Waals surface area contributed by atoms with Gasteiger partial charge < -0.3 is 14.6 Å². The lowest BCUT2D eigenvalue weighted by atomic mass is 9.97. The Labute approximate surface area is 215 Å². The van der Waals surface area contributed by atoms with Crippen LogP contribution in [-0.4, -0.2) is 47.2 Å². The van der Waals surface area contributed by atoms with E-state index in [9.17, 15) is 4.79 Å². The number of nitrogens with one attached hydrogen (secondary N) is 1. The van der Waals surface area contributed by atoms with Gasteiger partial charge in [-0.3, -0.25) is 9.69 Å². The van der Waals surface area contributed by atoms with Crippen molar-refractivity contribution in [1.82, 2.24) is 20.4 Å². The first-order valence-corrected chi connectivity index (χ1v) is 13.2. The van der Waals surface area contributed by atoms with Gasteiger partial charge in [-0.25, -0.2) is 0 Å². The van der Waals surface area contributed by atoms with Crippen LogP contribution in [0.5, 0.6) is 5.75 Å². The Bertz CT molecular complexity index is 1090. The number of nitrogens with zero attached hydrogens (tertiary/aromatic N) is 3. The van der Waals surface area contributed by atoms with Crippen molar-refractivity contribution in [2.24, 2.45) is 5.92 Å². The molecule has 1 N–H and O–H groups in total. The summed E-state index contributed by atoms with van der Waals surface area (Å²) in [7, 11) is 0. The second kappa shape index (κ2) is 12.8. The Morgan fingerprint density at radius 1 is 1.23 bits per heavy atom. The molecule has 2 aromatic carbocycles. The Kier molecular flexibility index (Phi) is 9.31. The van der Waals surface area contributed by atoms with Gasteiger partial charge in [0.1, 0.15) is 5.75 Å². The Hall–Kier alpha value is -2.71. The zero-order chi connectivity index (χ0) is 24.5. The fraction of sp³-hybridized carbons (Fsp3) is 0.444. The van der Waals surface area contributed by atoms with Crippen molar-refractivity contribution in [1.29, 1.82) is 0 Å². The maximum atomic E-state index is 12.8. The number of likely N-dealkylation sites (tertiary alicyclic amines) is 1. The number of para-hydroxylation sites is 1. The minimum absolute atomic E-state index is 0.0159. The summed E-state index contributed by atoms with van der Waals surface area (Å²) >= 11 is 3.44. The summed E-state index contributed by atoms with van der Waals surface area (Å²) in [6, 6.07) is 16.0. The minimum Gasteiger partial charge on any atom is -0.493 e. The standard InChI is InChI=1S/C27H33BrN4O3/c1-2-17-34-24-10-4-3-7-20(24)8-5-15-29-27(33)22-9-6-16-32(18-22)19-25-30-26(31-35-25)21-11-13-23(28)14-12-21/h3-4,7,10-14,22H,2,5-6,8-9,15-19H2,1H3,(H,29,33). The quantitative estimate of drug-likeness (QED) is 0.334. The maximum absolute atomic E-state index is 12.8. The zero-order valence-electron chi connectivity index (χ0n) is 20.2.